The Hall–Kier alpha value is -1.96. The van der Waals surface area contributed by atoms with Gasteiger partial charge in [0, 0.05) is 11.7 Å². The summed E-state index contributed by atoms with van der Waals surface area (Å²) in [6, 6.07) is 17.9. The van der Waals surface area contributed by atoms with E-state index in [0.29, 0.717) is 11.8 Å². The number of rotatable bonds is 4. The zero-order valence-electron chi connectivity index (χ0n) is 9.93. The van der Waals surface area contributed by atoms with Gasteiger partial charge in [-0.1, -0.05) is 30.3 Å². The summed E-state index contributed by atoms with van der Waals surface area (Å²) in [6.45, 7) is 2.15. The van der Waals surface area contributed by atoms with Crippen molar-refractivity contribution in [3.63, 3.8) is 0 Å². The number of hydrogen-bond acceptors (Lipinski definition) is 2. The van der Waals surface area contributed by atoms with E-state index in [9.17, 15) is 5.11 Å². The van der Waals surface area contributed by atoms with Gasteiger partial charge in [0.15, 0.2) is 0 Å². The summed E-state index contributed by atoms with van der Waals surface area (Å²) in [5.41, 5.74) is 2.36. The average Bonchev–Trinajstić information content (AvgIpc) is 2.33. The van der Waals surface area contributed by atoms with Crippen molar-refractivity contribution in [3.05, 3.63) is 60.2 Å². The van der Waals surface area contributed by atoms with Crippen molar-refractivity contribution in [1.82, 2.24) is 0 Å². The maximum Gasteiger partial charge on any atom is 0.115 e. The molecular formula is C15H17NO. The van der Waals surface area contributed by atoms with Crippen LogP contribution in [0.4, 0.5) is 5.69 Å². The monoisotopic (exact) mass is 227 g/mol. The van der Waals surface area contributed by atoms with Crippen LogP contribution in [0.25, 0.3) is 0 Å². The van der Waals surface area contributed by atoms with E-state index < -0.39 is 0 Å². The lowest BCUT2D eigenvalue weighted by Gasteiger charge is -2.15. The second-order valence-corrected chi connectivity index (χ2v) is 4.28. The molecule has 17 heavy (non-hydrogen) atoms. The van der Waals surface area contributed by atoms with Gasteiger partial charge in [-0.3, -0.25) is 0 Å². The zero-order valence-corrected chi connectivity index (χ0v) is 9.93. The molecule has 0 fully saturated rings. The Morgan fingerprint density at radius 3 is 2.29 bits per heavy atom. The van der Waals surface area contributed by atoms with Gasteiger partial charge in [0.05, 0.1) is 0 Å². The fourth-order valence-electron chi connectivity index (χ4n) is 1.86. The van der Waals surface area contributed by atoms with E-state index in [1.165, 1.54) is 5.56 Å². The van der Waals surface area contributed by atoms with Crippen molar-refractivity contribution in [2.24, 2.45) is 0 Å². The van der Waals surface area contributed by atoms with Crippen LogP contribution < -0.4 is 5.32 Å². The summed E-state index contributed by atoms with van der Waals surface area (Å²) in [4.78, 5) is 0. The molecule has 0 radical (unpaired) electrons. The summed E-state index contributed by atoms with van der Waals surface area (Å²) in [5, 5.41) is 12.6. The van der Waals surface area contributed by atoms with Crippen LogP contribution in [0, 0.1) is 0 Å². The van der Waals surface area contributed by atoms with Crippen LogP contribution in [-0.2, 0) is 6.42 Å². The predicted molar refractivity (Wildman–Crippen MR) is 71.3 cm³/mol. The highest BCUT2D eigenvalue weighted by molar-refractivity contribution is 5.46. The van der Waals surface area contributed by atoms with Gasteiger partial charge < -0.3 is 10.4 Å². The minimum atomic E-state index is 0.297. The minimum Gasteiger partial charge on any atom is -0.508 e. The van der Waals surface area contributed by atoms with Crippen molar-refractivity contribution < 1.29 is 5.11 Å². The topological polar surface area (TPSA) is 32.3 Å². The normalized spacial score (nSPS) is 12.1. The molecule has 88 valence electrons. The van der Waals surface area contributed by atoms with Crippen LogP contribution in [0.1, 0.15) is 12.5 Å². The third kappa shape index (κ3) is 3.52. The van der Waals surface area contributed by atoms with Gasteiger partial charge in [0.2, 0.25) is 0 Å². The Bertz CT molecular complexity index is 450. The number of hydrogen-bond donors (Lipinski definition) is 2. The van der Waals surface area contributed by atoms with Gasteiger partial charge in [0.25, 0.3) is 0 Å². The predicted octanol–water partition coefficient (Wildman–Crippen LogP) is 3.44. The number of anilines is 1. The standard InChI is InChI=1S/C15H17NO/c1-12(11-13-5-3-2-4-6-13)16-14-7-9-15(17)10-8-14/h2-10,12,16-17H,11H2,1H3. The molecule has 0 heterocycles. The van der Waals surface area contributed by atoms with Crippen LogP contribution in [0.5, 0.6) is 5.75 Å². The molecule has 0 saturated heterocycles. The molecule has 1 atom stereocenters. The van der Waals surface area contributed by atoms with Gasteiger partial charge in [-0.2, -0.15) is 0 Å². The van der Waals surface area contributed by atoms with Crippen molar-refractivity contribution in [1.29, 1.82) is 0 Å². The highest BCUT2D eigenvalue weighted by Gasteiger charge is 2.03. The van der Waals surface area contributed by atoms with Gasteiger partial charge in [-0.25, -0.2) is 0 Å². The quantitative estimate of drug-likeness (QED) is 0.784. The van der Waals surface area contributed by atoms with E-state index in [2.05, 4.69) is 36.5 Å². The molecule has 0 aromatic heterocycles. The fraction of sp³-hybridized carbons (Fsp3) is 0.200. The second kappa shape index (κ2) is 5.39. The molecule has 2 heteroatoms. The van der Waals surface area contributed by atoms with E-state index >= 15 is 0 Å². The van der Waals surface area contributed by atoms with Crippen LogP contribution in [0.2, 0.25) is 0 Å². The number of phenols is 1. The lowest BCUT2D eigenvalue weighted by molar-refractivity contribution is 0.475. The summed E-state index contributed by atoms with van der Waals surface area (Å²) in [6.07, 6.45) is 0.988. The van der Waals surface area contributed by atoms with Crippen LogP contribution in [0.3, 0.4) is 0 Å². The maximum absolute atomic E-state index is 9.20. The van der Waals surface area contributed by atoms with E-state index in [1.807, 2.05) is 18.2 Å². The zero-order chi connectivity index (χ0) is 12.1. The lowest BCUT2D eigenvalue weighted by Crippen LogP contribution is -2.17. The Morgan fingerprint density at radius 1 is 1.00 bits per heavy atom. The summed E-state index contributed by atoms with van der Waals surface area (Å²) in [5.74, 6) is 0.297. The molecule has 0 amide bonds. The van der Waals surface area contributed by atoms with Crippen LogP contribution >= 0.6 is 0 Å². The number of aromatic hydroxyl groups is 1. The molecule has 2 N–H and O–H groups in total. The molecule has 0 aliphatic rings. The van der Waals surface area contributed by atoms with Crippen molar-refractivity contribution in [2.75, 3.05) is 5.32 Å². The molecule has 0 spiro atoms. The largest absolute Gasteiger partial charge is 0.508 e. The van der Waals surface area contributed by atoms with Crippen LogP contribution in [0.15, 0.2) is 54.6 Å². The van der Waals surface area contributed by atoms with Crippen LogP contribution in [-0.4, -0.2) is 11.1 Å². The van der Waals surface area contributed by atoms with Crippen molar-refractivity contribution >= 4 is 5.69 Å². The molecule has 0 aliphatic heterocycles. The van der Waals surface area contributed by atoms with Gasteiger partial charge in [-0.05, 0) is 43.2 Å². The Morgan fingerprint density at radius 2 is 1.65 bits per heavy atom. The molecule has 2 rings (SSSR count). The Labute approximate surface area is 102 Å². The highest BCUT2D eigenvalue weighted by Crippen LogP contribution is 2.15. The maximum atomic E-state index is 9.20. The summed E-state index contributed by atoms with van der Waals surface area (Å²) in [7, 11) is 0. The SMILES string of the molecule is CC(Cc1ccccc1)Nc1ccc(O)cc1. The molecule has 0 aliphatic carbocycles. The Kier molecular flexibility index (Phi) is 3.66. The Balaban J connectivity index is 1.93. The highest BCUT2D eigenvalue weighted by atomic mass is 16.3. The molecule has 2 aromatic carbocycles. The average molecular weight is 227 g/mol. The number of benzene rings is 2. The molecular weight excluding hydrogens is 210 g/mol. The van der Waals surface area contributed by atoms with Gasteiger partial charge >= 0.3 is 0 Å². The number of phenolic OH excluding ortho intramolecular Hbond substituents is 1. The van der Waals surface area contributed by atoms with E-state index in [1.54, 1.807) is 12.1 Å². The third-order valence-electron chi connectivity index (χ3n) is 2.67. The number of nitrogens with one attached hydrogen (secondary N) is 1. The minimum absolute atomic E-state index is 0.297. The first kappa shape index (κ1) is 11.5. The van der Waals surface area contributed by atoms with E-state index in [-0.39, 0.29) is 0 Å². The molecule has 2 nitrogen and oxygen atoms in total. The smallest absolute Gasteiger partial charge is 0.115 e. The molecule has 1 unspecified atom stereocenters. The first-order valence-corrected chi connectivity index (χ1v) is 5.83. The third-order valence-corrected chi connectivity index (χ3v) is 2.67. The van der Waals surface area contributed by atoms with E-state index in [4.69, 9.17) is 0 Å². The summed E-state index contributed by atoms with van der Waals surface area (Å²) >= 11 is 0. The van der Waals surface area contributed by atoms with Gasteiger partial charge in [-0.15, -0.1) is 0 Å². The van der Waals surface area contributed by atoms with Gasteiger partial charge in [0.1, 0.15) is 5.75 Å². The first-order chi connectivity index (χ1) is 8.24. The second-order valence-electron chi connectivity index (χ2n) is 4.28. The molecule has 0 saturated carbocycles. The first-order valence-electron chi connectivity index (χ1n) is 5.83. The van der Waals surface area contributed by atoms with E-state index in [0.717, 1.165) is 12.1 Å². The summed E-state index contributed by atoms with van der Waals surface area (Å²) < 4.78 is 0. The molecule has 0 bridgehead atoms. The van der Waals surface area contributed by atoms with Crippen molar-refractivity contribution in [3.8, 4) is 5.75 Å². The lowest BCUT2D eigenvalue weighted by atomic mass is 10.1. The fourth-order valence-corrected chi connectivity index (χ4v) is 1.86. The van der Waals surface area contributed by atoms with Crippen molar-refractivity contribution in [2.45, 2.75) is 19.4 Å². The molecule has 2 aromatic rings.